The average molecular weight is 730 g/mol. The maximum atomic E-state index is 13.8. The number of nitro benzene ring substituents is 1. The number of likely N-dealkylation sites (tertiary alicyclic amines) is 1. The van der Waals surface area contributed by atoms with Gasteiger partial charge in [0.25, 0.3) is 11.6 Å². The van der Waals surface area contributed by atoms with Gasteiger partial charge in [0, 0.05) is 43.1 Å². The van der Waals surface area contributed by atoms with Gasteiger partial charge >= 0.3 is 11.9 Å². The number of amides is 1. The average Bonchev–Trinajstić information content (AvgIpc) is 3.18. The molecule has 1 N–H and O–H groups in total. The number of ether oxygens (including phenoxy) is 3. The van der Waals surface area contributed by atoms with Crippen LogP contribution in [0.25, 0.3) is 11.3 Å². The van der Waals surface area contributed by atoms with Crippen molar-refractivity contribution in [1.29, 1.82) is 0 Å². The number of carbonyl (C=O) groups is 3. The lowest BCUT2D eigenvalue weighted by atomic mass is 9.64. The van der Waals surface area contributed by atoms with Gasteiger partial charge < -0.3 is 19.5 Å². The number of thioether (sulfide) groups is 1. The van der Waals surface area contributed by atoms with Crippen molar-refractivity contribution in [2.24, 2.45) is 11.3 Å². The molecule has 1 aromatic heterocycles. The first-order valence-electron chi connectivity index (χ1n) is 17.0. The lowest BCUT2D eigenvalue weighted by molar-refractivity contribution is -0.384. The van der Waals surface area contributed by atoms with Crippen molar-refractivity contribution in [3.05, 3.63) is 99.8 Å². The molecule has 0 saturated carbocycles. The van der Waals surface area contributed by atoms with E-state index >= 15 is 0 Å². The Morgan fingerprint density at radius 1 is 1.04 bits per heavy atom. The van der Waals surface area contributed by atoms with Gasteiger partial charge in [0.15, 0.2) is 5.16 Å². The van der Waals surface area contributed by atoms with Crippen LogP contribution in [0.3, 0.4) is 0 Å². The normalized spacial score (nSPS) is 19.8. The molecule has 3 atom stereocenters. The minimum atomic E-state index is -0.857. The van der Waals surface area contributed by atoms with E-state index in [-0.39, 0.29) is 42.0 Å². The summed E-state index contributed by atoms with van der Waals surface area (Å²) in [5.41, 5.74) is 1.74. The molecular formula is C38H43N5O8S. The zero-order valence-electron chi connectivity index (χ0n) is 29.7. The van der Waals surface area contributed by atoms with Crippen LogP contribution in [0.4, 0.5) is 5.69 Å². The summed E-state index contributed by atoms with van der Waals surface area (Å²) >= 11 is 1.41. The van der Waals surface area contributed by atoms with Crippen LogP contribution in [0.2, 0.25) is 0 Å². The number of nitrogens with one attached hydrogen (secondary N) is 1. The summed E-state index contributed by atoms with van der Waals surface area (Å²) in [5, 5.41) is 14.8. The van der Waals surface area contributed by atoms with Crippen molar-refractivity contribution in [1.82, 2.24) is 20.2 Å². The maximum Gasteiger partial charge on any atom is 0.323 e. The fourth-order valence-electron chi connectivity index (χ4n) is 6.85. The molecule has 1 saturated heterocycles. The van der Waals surface area contributed by atoms with Crippen LogP contribution in [0.5, 0.6) is 5.75 Å². The molecule has 1 fully saturated rings. The van der Waals surface area contributed by atoms with E-state index in [4.69, 9.17) is 19.2 Å². The van der Waals surface area contributed by atoms with E-state index in [2.05, 4.69) is 10.3 Å². The summed E-state index contributed by atoms with van der Waals surface area (Å²) in [6.45, 7) is 2.98. The first-order valence-corrected chi connectivity index (χ1v) is 18.0. The minimum Gasteiger partial charge on any atom is -0.497 e. The number of nitrogens with zero attached hydrogens (tertiary/aromatic N) is 4. The molecule has 1 aliphatic heterocycles. The maximum absolute atomic E-state index is 13.8. The summed E-state index contributed by atoms with van der Waals surface area (Å²) < 4.78 is 15.7. The lowest BCUT2D eigenvalue weighted by Crippen LogP contribution is -2.56. The van der Waals surface area contributed by atoms with Crippen molar-refractivity contribution in [3.63, 3.8) is 0 Å². The number of allylic oxidation sites excluding steroid dienone is 4. The summed E-state index contributed by atoms with van der Waals surface area (Å²) in [7, 11) is 4.33. The molecule has 52 heavy (non-hydrogen) atoms. The number of benzene rings is 2. The Labute approximate surface area is 307 Å². The Hall–Kier alpha value is -5.08. The number of aryl methyl sites for hydroxylation is 1. The van der Waals surface area contributed by atoms with Gasteiger partial charge in [-0.05, 0) is 68.4 Å². The van der Waals surface area contributed by atoms with Crippen LogP contribution in [-0.4, -0.2) is 84.6 Å². The zero-order valence-corrected chi connectivity index (χ0v) is 30.5. The molecule has 0 radical (unpaired) electrons. The number of esters is 2. The highest BCUT2D eigenvalue weighted by molar-refractivity contribution is 7.98. The Morgan fingerprint density at radius 3 is 2.42 bits per heavy atom. The van der Waals surface area contributed by atoms with Crippen molar-refractivity contribution < 1.29 is 33.5 Å². The molecule has 3 unspecified atom stereocenters. The monoisotopic (exact) mass is 729 g/mol. The van der Waals surface area contributed by atoms with E-state index < -0.39 is 22.3 Å². The van der Waals surface area contributed by atoms with Gasteiger partial charge in [-0.1, -0.05) is 48.2 Å². The third-order valence-corrected chi connectivity index (χ3v) is 10.6. The van der Waals surface area contributed by atoms with E-state index in [0.717, 1.165) is 11.3 Å². The Balaban J connectivity index is 1.29. The number of aromatic nitrogens is 2. The van der Waals surface area contributed by atoms with Gasteiger partial charge in [0.2, 0.25) is 0 Å². The fourth-order valence-corrected chi connectivity index (χ4v) is 7.70. The molecule has 3 aromatic rings. The number of hydrogen-bond donors (Lipinski definition) is 1. The van der Waals surface area contributed by atoms with Crippen molar-refractivity contribution in [3.8, 4) is 17.0 Å². The minimum absolute atomic E-state index is 0.0755. The van der Waals surface area contributed by atoms with Crippen LogP contribution < -0.4 is 10.1 Å². The van der Waals surface area contributed by atoms with Crippen LogP contribution in [0.15, 0.2) is 78.0 Å². The standard InChI is InChI=1S/C38H43N5O8S/c1-25-32(33(27-13-15-29(16-14-27)43(47)48)41-37(40-25)52-24-26-11-17-30(49-2)18-12-26)34(44)39-20-8-21-42-22-19-38(36(46)51-4,23-31(42)35(45)50-3)28-9-6-5-7-10-28/h5-7,9,11-18,28,31H,8,10,19-24H2,1-4H3,(H,39,44). The summed E-state index contributed by atoms with van der Waals surface area (Å²) in [6, 6.07) is 12.9. The third-order valence-electron chi connectivity index (χ3n) is 9.68. The van der Waals surface area contributed by atoms with Gasteiger partial charge in [0.1, 0.15) is 11.8 Å². The molecule has 1 aliphatic carbocycles. The second kappa shape index (κ2) is 17.4. The summed E-state index contributed by atoms with van der Waals surface area (Å²) in [5.74, 6) is 0.0976. The van der Waals surface area contributed by atoms with Gasteiger partial charge in [-0.3, -0.25) is 29.4 Å². The Bertz CT molecular complexity index is 1830. The van der Waals surface area contributed by atoms with Gasteiger partial charge in [0.05, 0.1) is 48.6 Å². The van der Waals surface area contributed by atoms with E-state index in [1.807, 2.05) is 53.5 Å². The molecule has 2 aromatic carbocycles. The van der Waals surface area contributed by atoms with Crippen molar-refractivity contribution in [2.75, 3.05) is 41.0 Å². The number of non-ortho nitro benzene ring substituents is 1. The largest absolute Gasteiger partial charge is 0.497 e. The third kappa shape index (κ3) is 8.68. The Kier molecular flexibility index (Phi) is 12.8. The van der Waals surface area contributed by atoms with Gasteiger partial charge in [-0.25, -0.2) is 9.97 Å². The number of piperidine rings is 1. The molecule has 0 bridgehead atoms. The van der Waals surface area contributed by atoms with Crippen molar-refractivity contribution >= 4 is 35.3 Å². The fraction of sp³-hybridized carbons (Fsp3) is 0.395. The molecule has 274 valence electrons. The quantitative estimate of drug-likeness (QED) is 0.0538. The first kappa shape index (κ1) is 38.2. The molecule has 2 heterocycles. The second-order valence-electron chi connectivity index (χ2n) is 12.7. The second-order valence-corrected chi connectivity index (χ2v) is 13.6. The van der Waals surface area contributed by atoms with E-state index in [1.165, 1.54) is 38.1 Å². The topological polar surface area (TPSA) is 163 Å². The number of nitro groups is 1. The number of carbonyl (C=O) groups excluding carboxylic acids is 3. The molecule has 5 rings (SSSR count). The smallest absolute Gasteiger partial charge is 0.323 e. The Morgan fingerprint density at radius 2 is 1.79 bits per heavy atom. The number of rotatable bonds is 14. The van der Waals surface area contributed by atoms with E-state index in [0.29, 0.717) is 60.2 Å². The van der Waals surface area contributed by atoms with E-state index in [9.17, 15) is 24.5 Å². The summed E-state index contributed by atoms with van der Waals surface area (Å²) in [6.07, 6.45) is 9.88. The van der Waals surface area contributed by atoms with Crippen LogP contribution in [0, 0.1) is 28.4 Å². The molecule has 0 spiro atoms. The van der Waals surface area contributed by atoms with Gasteiger partial charge in [-0.2, -0.15) is 0 Å². The molecular weight excluding hydrogens is 687 g/mol. The molecule has 14 heteroatoms. The van der Waals surface area contributed by atoms with Gasteiger partial charge in [-0.15, -0.1) is 0 Å². The predicted octanol–water partition coefficient (Wildman–Crippen LogP) is 5.71. The van der Waals surface area contributed by atoms with Crippen molar-refractivity contribution in [2.45, 2.75) is 49.6 Å². The lowest BCUT2D eigenvalue weighted by Gasteiger charge is -2.47. The first-order chi connectivity index (χ1) is 25.1. The highest BCUT2D eigenvalue weighted by Crippen LogP contribution is 2.46. The van der Waals surface area contributed by atoms with Crippen LogP contribution in [0.1, 0.15) is 47.3 Å². The molecule has 2 aliphatic rings. The zero-order chi connectivity index (χ0) is 37.3. The van der Waals surface area contributed by atoms with Crippen LogP contribution >= 0.6 is 11.8 Å². The predicted molar refractivity (Wildman–Crippen MR) is 196 cm³/mol. The summed E-state index contributed by atoms with van der Waals surface area (Å²) in [4.78, 5) is 62.3. The molecule has 13 nitrogen and oxygen atoms in total. The SMILES string of the molecule is COC(=O)C1CC(C(=O)OC)(C2C=CC=CC2)CCN1CCCNC(=O)c1c(C)nc(SCc2ccc(OC)cc2)nc1-c1ccc([N+](=O)[O-])cc1. The number of methoxy groups -OCH3 is 3. The highest BCUT2D eigenvalue weighted by Gasteiger charge is 2.52. The molecule has 1 amide bonds. The van der Waals surface area contributed by atoms with Crippen LogP contribution in [-0.2, 0) is 24.8 Å². The highest BCUT2D eigenvalue weighted by atomic mass is 32.2. The van der Waals surface area contributed by atoms with E-state index in [1.54, 1.807) is 26.2 Å². The number of hydrogen-bond acceptors (Lipinski definition) is 12.